The number of carbonyl (C=O) groups excluding carboxylic acids is 2. The van der Waals surface area contributed by atoms with Crippen molar-refractivity contribution >= 4 is 24.0 Å². The van der Waals surface area contributed by atoms with Gasteiger partial charge in [0, 0.05) is 32.2 Å². The molecule has 0 N–H and O–H groups in total. The lowest BCUT2D eigenvalue weighted by atomic mass is 10.3. The quantitative estimate of drug-likeness (QED) is 0.716. The molecule has 0 spiro atoms. The number of rotatable bonds is 3. The summed E-state index contributed by atoms with van der Waals surface area (Å²) in [6.07, 6.45) is 12.3. The third-order valence-electron chi connectivity index (χ3n) is 2.17. The van der Waals surface area contributed by atoms with Crippen molar-refractivity contribution in [1.82, 2.24) is 0 Å². The molecule has 0 saturated carbocycles. The number of hydrogen-bond acceptors (Lipinski definition) is 4. The van der Waals surface area contributed by atoms with Crippen molar-refractivity contribution in [3.63, 3.8) is 0 Å². The molecule has 0 bridgehead atoms. The summed E-state index contributed by atoms with van der Waals surface area (Å²) in [5.41, 5.74) is 1.49. The second-order valence-electron chi connectivity index (χ2n) is 3.81. The fourth-order valence-electron chi connectivity index (χ4n) is 1.30. The Hall–Kier alpha value is -2.10. The second kappa shape index (κ2) is 7.27. The van der Waals surface area contributed by atoms with Crippen molar-refractivity contribution in [1.29, 1.82) is 0 Å². The minimum absolute atomic E-state index is 0.0544. The molecule has 18 heavy (non-hydrogen) atoms. The van der Waals surface area contributed by atoms with Crippen LogP contribution in [0.1, 0.15) is 26.7 Å². The molecule has 2 aliphatic heterocycles. The molecule has 0 aliphatic carbocycles. The third-order valence-corrected chi connectivity index (χ3v) is 2.17. The van der Waals surface area contributed by atoms with Crippen molar-refractivity contribution in [3.8, 4) is 0 Å². The Labute approximate surface area is 107 Å². The van der Waals surface area contributed by atoms with Gasteiger partial charge >= 0.3 is 0 Å². The molecule has 0 unspecified atom stereocenters. The van der Waals surface area contributed by atoms with Crippen LogP contribution in [0.2, 0.25) is 0 Å². The summed E-state index contributed by atoms with van der Waals surface area (Å²) in [4.78, 5) is 28.7. The topological polar surface area (TPSA) is 58.9 Å². The molecule has 2 aliphatic rings. The van der Waals surface area contributed by atoms with Gasteiger partial charge in [-0.05, 0) is 25.2 Å². The van der Waals surface area contributed by atoms with Crippen LogP contribution in [-0.2, 0) is 9.59 Å². The van der Waals surface area contributed by atoms with Crippen molar-refractivity contribution in [3.05, 3.63) is 35.7 Å². The molecule has 0 aromatic heterocycles. The van der Waals surface area contributed by atoms with E-state index < -0.39 is 0 Å². The van der Waals surface area contributed by atoms with E-state index in [1.165, 1.54) is 19.9 Å². The van der Waals surface area contributed by atoms with Gasteiger partial charge in [0.1, 0.15) is 5.70 Å². The average Bonchev–Trinajstić information content (AvgIpc) is 3.00. The van der Waals surface area contributed by atoms with Gasteiger partial charge in [-0.1, -0.05) is 6.08 Å². The van der Waals surface area contributed by atoms with Gasteiger partial charge in [-0.3, -0.25) is 19.6 Å². The van der Waals surface area contributed by atoms with Crippen LogP contribution >= 0.6 is 0 Å². The molecule has 4 heteroatoms. The molecule has 2 rings (SSSR count). The monoisotopic (exact) mass is 244 g/mol. The van der Waals surface area contributed by atoms with E-state index in [0.29, 0.717) is 5.70 Å². The largest absolute Gasteiger partial charge is 0.295 e. The highest BCUT2D eigenvalue weighted by molar-refractivity contribution is 5.96. The van der Waals surface area contributed by atoms with Crippen LogP contribution in [0.15, 0.2) is 45.7 Å². The van der Waals surface area contributed by atoms with E-state index in [2.05, 4.69) is 9.98 Å². The summed E-state index contributed by atoms with van der Waals surface area (Å²) >= 11 is 0. The zero-order valence-electron chi connectivity index (χ0n) is 10.6. The molecular formula is C14H16N2O2. The first kappa shape index (κ1) is 14.0. The van der Waals surface area contributed by atoms with Crippen LogP contribution in [0.4, 0.5) is 0 Å². The number of aliphatic imine (C=N–C) groups is 2. The van der Waals surface area contributed by atoms with E-state index in [4.69, 9.17) is 0 Å². The van der Waals surface area contributed by atoms with Gasteiger partial charge in [-0.15, -0.1) is 0 Å². The van der Waals surface area contributed by atoms with Crippen LogP contribution < -0.4 is 0 Å². The van der Waals surface area contributed by atoms with Crippen LogP contribution in [0.3, 0.4) is 0 Å². The summed E-state index contributed by atoms with van der Waals surface area (Å²) in [5.74, 6) is 0.113. The highest BCUT2D eigenvalue weighted by Crippen LogP contribution is 2.05. The molecule has 94 valence electrons. The van der Waals surface area contributed by atoms with Crippen molar-refractivity contribution in [2.75, 3.05) is 0 Å². The Kier molecular flexibility index (Phi) is 5.64. The number of Topliss-reactive ketones (excluding diaryl/α,β-unsaturated/α-hetero) is 1. The molecule has 0 fully saturated rings. The van der Waals surface area contributed by atoms with E-state index in [1.54, 1.807) is 12.3 Å². The predicted molar refractivity (Wildman–Crippen MR) is 72.9 cm³/mol. The Morgan fingerprint density at radius 3 is 2.17 bits per heavy atom. The van der Waals surface area contributed by atoms with Crippen LogP contribution in [0.5, 0.6) is 0 Å². The molecule has 0 atom stereocenters. The van der Waals surface area contributed by atoms with E-state index in [9.17, 15) is 9.59 Å². The van der Waals surface area contributed by atoms with Gasteiger partial charge in [0.25, 0.3) is 0 Å². The molecule has 0 saturated heterocycles. The first-order valence-electron chi connectivity index (χ1n) is 5.74. The third kappa shape index (κ3) is 5.30. The van der Waals surface area contributed by atoms with Crippen LogP contribution in [-0.4, -0.2) is 24.0 Å². The molecule has 0 aromatic carbocycles. The number of allylic oxidation sites excluding steroid dienone is 5. The Morgan fingerprint density at radius 1 is 1.11 bits per heavy atom. The normalized spacial score (nSPS) is 16.3. The first-order valence-corrected chi connectivity index (χ1v) is 5.74. The fraction of sp³-hybridized carbons (Fsp3) is 0.286. The van der Waals surface area contributed by atoms with E-state index in [1.807, 2.05) is 18.4 Å². The second-order valence-corrected chi connectivity index (χ2v) is 3.81. The highest BCUT2D eigenvalue weighted by atomic mass is 16.1. The Morgan fingerprint density at radius 2 is 1.78 bits per heavy atom. The van der Waals surface area contributed by atoms with Crippen LogP contribution in [0.25, 0.3) is 0 Å². The Balaban J connectivity index is 0.000000184. The van der Waals surface area contributed by atoms with E-state index in [0.717, 1.165) is 18.5 Å². The summed E-state index contributed by atoms with van der Waals surface area (Å²) in [6.45, 7) is 3.05. The first-order chi connectivity index (χ1) is 8.59. The SMILES string of the molecule is CC(=O)/C=C/C1=CCC=N1.CC(=O)C1=CCC=N1. The van der Waals surface area contributed by atoms with Crippen molar-refractivity contribution < 1.29 is 9.59 Å². The maximum atomic E-state index is 10.5. The molecule has 4 nitrogen and oxygen atoms in total. The zero-order valence-corrected chi connectivity index (χ0v) is 10.6. The average molecular weight is 244 g/mol. The number of nitrogens with zero attached hydrogens (tertiary/aromatic N) is 2. The molecular weight excluding hydrogens is 228 g/mol. The molecule has 2 heterocycles. The summed E-state index contributed by atoms with van der Waals surface area (Å²) in [6, 6.07) is 0. The lowest BCUT2D eigenvalue weighted by molar-refractivity contribution is -0.114. The van der Waals surface area contributed by atoms with Crippen molar-refractivity contribution in [2.24, 2.45) is 9.98 Å². The zero-order chi connectivity index (χ0) is 13.4. The Bertz CT molecular complexity index is 480. The van der Waals surface area contributed by atoms with E-state index >= 15 is 0 Å². The van der Waals surface area contributed by atoms with Crippen LogP contribution in [0, 0.1) is 0 Å². The van der Waals surface area contributed by atoms with Gasteiger partial charge in [0.15, 0.2) is 11.6 Å². The summed E-state index contributed by atoms with van der Waals surface area (Å²) in [7, 11) is 0. The van der Waals surface area contributed by atoms with Crippen molar-refractivity contribution in [2.45, 2.75) is 26.7 Å². The van der Waals surface area contributed by atoms with Gasteiger partial charge in [0.05, 0.1) is 5.70 Å². The molecule has 0 aromatic rings. The maximum Gasteiger partial charge on any atom is 0.177 e. The minimum Gasteiger partial charge on any atom is -0.295 e. The highest BCUT2D eigenvalue weighted by Gasteiger charge is 2.02. The van der Waals surface area contributed by atoms with Gasteiger partial charge in [-0.25, -0.2) is 0 Å². The number of carbonyl (C=O) groups is 2. The lowest BCUT2D eigenvalue weighted by Gasteiger charge is -1.83. The minimum atomic E-state index is 0.0544. The van der Waals surface area contributed by atoms with Gasteiger partial charge in [0.2, 0.25) is 0 Å². The maximum absolute atomic E-state index is 10.5. The predicted octanol–water partition coefficient (Wildman–Crippen LogP) is 2.42. The summed E-state index contributed by atoms with van der Waals surface area (Å²) in [5, 5.41) is 0. The van der Waals surface area contributed by atoms with E-state index in [-0.39, 0.29) is 11.6 Å². The van der Waals surface area contributed by atoms with Gasteiger partial charge in [-0.2, -0.15) is 0 Å². The standard InChI is InChI=1S/C8H9NO.C6H7NO/c1-7(10)4-5-8-3-2-6-9-8;1-5(8)6-3-2-4-7-6/h3-6H,2H2,1H3;3-4H,2H2,1H3/b5-4+;. The number of ketones is 2. The van der Waals surface area contributed by atoms with Gasteiger partial charge < -0.3 is 0 Å². The number of hydrogen-bond donors (Lipinski definition) is 0. The lowest BCUT2D eigenvalue weighted by Crippen LogP contribution is -1.88. The molecule has 0 radical (unpaired) electrons. The fourth-order valence-corrected chi connectivity index (χ4v) is 1.30. The summed E-state index contributed by atoms with van der Waals surface area (Å²) < 4.78 is 0. The molecule has 0 amide bonds. The smallest absolute Gasteiger partial charge is 0.177 e.